The lowest BCUT2D eigenvalue weighted by molar-refractivity contribution is 0.992. The molecule has 120 valence electrons. The van der Waals surface area contributed by atoms with Crippen LogP contribution in [-0.4, -0.2) is 24.5 Å². The summed E-state index contributed by atoms with van der Waals surface area (Å²) in [7, 11) is 0. The summed E-state index contributed by atoms with van der Waals surface area (Å²) in [6, 6.07) is 5.88. The van der Waals surface area contributed by atoms with Gasteiger partial charge in [-0.05, 0) is 31.5 Å². The van der Waals surface area contributed by atoms with Crippen molar-refractivity contribution < 1.29 is 0 Å². The van der Waals surface area contributed by atoms with Crippen molar-refractivity contribution in [2.75, 3.05) is 5.32 Å². The molecule has 0 aliphatic rings. The maximum Gasteiger partial charge on any atom is 0.195 e. The Balaban J connectivity index is 1.79. The molecule has 0 aliphatic heterocycles. The molecule has 0 spiro atoms. The molecule has 0 aliphatic carbocycles. The molecule has 24 heavy (non-hydrogen) atoms. The highest BCUT2D eigenvalue weighted by Crippen LogP contribution is 2.31. The molecule has 1 N–H and O–H groups in total. The van der Waals surface area contributed by atoms with Crippen LogP contribution in [-0.2, 0) is 6.54 Å². The fourth-order valence-corrected chi connectivity index (χ4v) is 3.46. The number of hydrogen-bond donors (Lipinski definition) is 1. The second-order valence-electron chi connectivity index (χ2n) is 5.46. The van der Waals surface area contributed by atoms with Gasteiger partial charge in [-0.2, -0.15) is 0 Å². The Bertz CT molecular complexity index is 975. The Morgan fingerprint density at radius 2 is 2.00 bits per heavy atom. The van der Waals surface area contributed by atoms with Crippen molar-refractivity contribution in [1.82, 2.24) is 24.5 Å². The van der Waals surface area contributed by atoms with Gasteiger partial charge in [-0.15, -0.1) is 11.3 Å². The van der Waals surface area contributed by atoms with E-state index in [4.69, 9.17) is 0 Å². The molecular formula is C17H16N6S. The quantitative estimate of drug-likeness (QED) is 0.618. The number of fused-ring (bicyclic) bond motifs is 1. The molecule has 7 heteroatoms. The molecule has 0 bridgehead atoms. The molecule has 0 saturated heterocycles. The summed E-state index contributed by atoms with van der Waals surface area (Å²) >= 11 is 1.60. The zero-order valence-electron chi connectivity index (χ0n) is 13.4. The first-order valence-electron chi connectivity index (χ1n) is 7.62. The number of aryl methyl sites for hydroxylation is 1. The minimum Gasteiger partial charge on any atom is -0.364 e. The number of nitrogens with one attached hydrogen (secondary N) is 1. The summed E-state index contributed by atoms with van der Waals surface area (Å²) in [5, 5.41) is 7.30. The first-order valence-corrected chi connectivity index (χ1v) is 8.50. The van der Waals surface area contributed by atoms with Gasteiger partial charge < -0.3 is 5.32 Å². The van der Waals surface area contributed by atoms with Gasteiger partial charge in [0.1, 0.15) is 12.1 Å². The minimum absolute atomic E-state index is 0.619. The molecule has 0 aromatic carbocycles. The van der Waals surface area contributed by atoms with E-state index in [2.05, 4.69) is 43.7 Å². The van der Waals surface area contributed by atoms with Crippen LogP contribution < -0.4 is 5.32 Å². The van der Waals surface area contributed by atoms with Crippen LogP contribution >= 0.6 is 11.3 Å². The van der Waals surface area contributed by atoms with Crippen LogP contribution in [0.5, 0.6) is 0 Å². The van der Waals surface area contributed by atoms with Crippen molar-refractivity contribution in [2.45, 2.75) is 20.4 Å². The number of rotatable bonds is 4. The third kappa shape index (κ3) is 2.43. The molecule has 0 unspecified atom stereocenters. The van der Waals surface area contributed by atoms with Crippen LogP contribution in [0.4, 0.5) is 5.82 Å². The fourth-order valence-electron chi connectivity index (χ4n) is 2.77. The number of aromatic nitrogens is 5. The van der Waals surface area contributed by atoms with Crippen LogP contribution in [0.25, 0.3) is 16.2 Å². The highest BCUT2D eigenvalue weighted by molar-refractivity contribution is 7.12. The summed E-state index contributed by atoms with van der Waals surface area (Å²) in [5.41, 5.74) is 4.13. The van der Waals surface area contributed by atoms with Gasteiger partial charge in [0.05, 0.1) is 17.6 Å². The van der Waals surface area contributed by atoms with Gasteiger partial charge in [-0.1, -0.05) is 6.07 Å². The molecule has 0 atom stereocenters. The lowest BCUT2D eigenvalue weighted by Crippen LogP contribution is -2.04. The first kappa shape index (κ1) is 14.8. The van der Waals surface area contributed by atoms with Crippen molar-refractivity contribution in [3.05, 3.63) is 59.3 Å². The molecule has 4 heterocycles. The van der Waals surface area contributed by atoms with Crippen LogP contribution in [0.15, 0.2) is 42.3 Å². The number of pyridine rings is 1. The lowest BCUT2D eigenvalue weighted by atomic mass is 10.2. The number of anilines is 1. The van der Waals surface area contributed by atoms with Crippen molar-refractivity contribution in [3.8, 4) is 5.13 Å². The topological polar surface area (TPSA) is 68.5 Å². The normalized spacial score (nSPS) is 11.1. The molecule has 0 radical (unpaired) electrons. The van der Waals surface area contributed by atoms with E-state index in [0.717, 1.165) is 38.9 Å². The Kier molecular flexibility index (Phi) is 3.70. The van der Waals surface area contributed by atoms with Gasteiger partial charge in [0.2, 0.25) is 0 Å². The van der Waals surface area contributed by atoms with Gasteiger partial charge in [0.25, 0.3) is 0 Å². The van der Waals surface area contributed by atoms with E-state index in [1.807, 2.05) is 29.8 Å². The molecule has 0 amide bonds. The molecule has 4 rings (SSSR count). The first-order chi connectivity index (χ1) is 11.8. The Morgan fingerprint density at radius 1 is 1.08 bits per heavy atom. The highest BCUT2D eigenvalue weighted by Gasteiger charge is 2.18. The third-order valence-electron chi connectivity index (χ3n) is 4.07. The molecule has 0 saturated carbocycles. The predicted octanol–water partition coefficient (Wildman–Crippen LogP) is 3.50. The summed E-state index contributed by atoms with van der Waals surface area (Å²) < 4.78 is 2.09. The average Bonchev–Trinajstić information content (AvgIpc) is 3.22. The summed E-state index contributed by atoms with van der Waals surface area (Å²) in [6.45, 7) is 4.80. The SMILES string of the molecule is Cc1c(C)n(-c2nccs2)c2ncnc(NCc3ccccn3)c12. The van der Waals surface area contributed by atoms with E-state index in [1.165, 1.54) is 0 Å². The minimum atomic E-state index is 0.619. The molecule has 0 fully saturated rings. The Morgan fingerprint density at radius 3 is 2.75 bits per heavy atom. The maximum atomic E-state index is 4.50. The van der Waals surface area contributed by atoms with Gasteiger partial charge in [0.15, 0.2) is 10.8 Å². The van der Waals surface area contributed by atoms with Gasteiger partial charge >= 0.3 is 0 Å². The Labute approximate surface area is 143 Å². The third-order valence-corrected chi connectivity index (χ3v) is 4.82. The molecule has 4 aromatic rings. The van der Waals surface area contributed by atoms with Crippen molar-refractivity contribution in [2.24, 2.45) is 0 Å². The van der Waals surface area contributed by atoms with Crippen molar-refractivity contribution in [1.29, 1.82) is 0 Å². The second kappa shape index (κ2) is 6.01. The van der Waals surface area contributed by atoms with Crippen molar-refractivity contribution >= 4 is 28.2 Å². The van der Waals surface area contributed by atoms with E-state index in [-0.39, 0.29) is 0 Å². The number of thiazole rings is 1. The maximum absolute atomic E-state index is 4.50. The van der Waals surface area contributed by atoms with E-state index in [1.54, 1.807) is 23.9 Å². The van der Waals surface area contributed by atoms with E-state index < -0.39 is 0 Å². The van der Waals surface area contributed by atoms with Crippen molar-refractivity contribution in [3.63, 3.8) is 0 Å². The molecular weight excluding hydrogens is 320 g/mol. The fraction of sp³-hybridized carbons (Fsp3) is 0.176. The lowest BCUT2D eigenvalue weighted by Gasteiger charge is -2.07. The van der Waals surface area contributed by atoms with E-state index in [0.29, 0.717) is 6.54 Å². The van der Waals surface area contributed by atoms with Gasteiger partial charge in [-0.3, -0.25) is 9.55 Å². The zero-order valence-corrected chi connectivity index (χ0v) is 14.2. The van der Waals surface area contributed by atoms with Crippen LogP contribution in [0.3, 0.4) is 0 Å². The van der Waals surface area contributed by atoms with Gasteiger partial charge in [-0.25, -0.2) is 15.0 Å². The van der Waals surface area contributed by atoms with E-state index >= 15 is 0 Å². The largest absolute Gasteiger partial charge is 0.364 e. The van der Waals surface area contributed by atoms with Crippen LogP contribution in [0.2, 0.25) is 0 Å². The number of nitrogens with zero attached hydrogens (tertiary/aromatic N) is 5. The van der Waals surface area contributed by atoms with Crippen LogP contribution in [0.1, 0.15) is 17.0 Å². The smallest absolute Gasteiger partial charge is 0.195 e. The summed E-state index contributed by atoms with van der Waals surface area (Å²) in [6.07, 6.45) is 5.19. The number of hydrogen-bond acceptors (Lipinski definition) is 6. The van der Waals surface area contributed by atoms with Crippen LogP contribution in [0, 0.1) is 13.8 Å². The monoisotopic (exact) mass is 336 g/mol. The Hall–Kier alpha value is -2.80. The molecule has 6 nitrogen and oxygen atoms in total. The predicted molar refractivity (Wildman–Crippen MR) is 95.6 cm³/mol. The zero-order chi connectivity index (χ0) is 16.5. The van der Waals surface area contributed by atoms with Gasteiger partial charge in [0, 0.05) is 23.5 Å². The second-order valence-corrected chi connectivity index (χ2v) is 6.33. The summed E-state index contributed by atoms with van der Waals surface area (Å²) in [4.78, 5) is 17.7. The highest BCUT2D eigenvalue weighted by atomic mass is 32.1. The summed E-state index contributed by atoms with van der Waals surface area (Å²) in [5.74, 6) is 0.821. The molecule has 4 aromatic heterocycles. The standard InChI is InChI=1S/C17H16N6S/c1-11-12(2)23(17-19-7-8-24-17)16-14(11)15(21-10-22-16)20-9-13-5-3-4-6-18-13/h3-8,10H,9H2,1-2H3,(H,20,21,22). The average molecular weight is 336 g/mol. The van der Waals surface area contributed by atoms with E-state index in [9.17, 15) is 0 Å².